The van der Waals surface area contributed by atoms with Crippen LogP contribution in [0.15, 0.2) is 0 Å². The second-order valence-corrected chi connectivity index (χ2v) is 4.13. The number of nitrogens with one attached hydrogen (secondary N) is 1. The van der Waals surface area contributed by atoms with Gasteiger partial charge in [0.15, 0.2) is 0 Å². The SMILES string of the molecule is CONC(=O)CCCC1CCCCC1. The number of hydrogen-bond donors (Lipinski definition) is 1. The van der Waals surface area contributed by atoms with E-state index >= 15 is 0 Å². The van der Waals surface area contributed by atoms with Crippen LogP contribution in [-0.4, -0.2) is 13.0 Å². The van der Waals surface area contributed by atoms with E-state index in [4.69, 9.17) is 0 Å². The second kappa shape index (κ2) is 6.82. The summed E-state index contributed by atoms with van der Waals surface area (Å²) in [4.78, 5) is 15.6. The lowest BCUT2D eigenvalue weighted by molar-refractivity contribution is -0.131. The maximum absolute atomic E-state index is 11.0. The average molecular weight is 199 g/mol. The molecule has 1 aliphatic carbocycles. The molecule has 1 amide bonds. The molecule has 0 saturated heterocycles. The molecule has 14 heavy (non-hydrogen) atoms. The van der Waals surface area contributed by atoms with E-state index in [1.807, 2.05) is 0 Å². The van der Waals surface area contributed by atoms with Crippen LogP contribution >= 0.6 is 0 Å². The van der Waals surface area contributed by atoms with E-state index in [1.165, 1.54) is 45.6 Å². The summed E-state index contributed by atoms with van der Waals surface area (Å²) in [7, 11) is 1.47. The van der Waals surface area contributed by atoms with Crippen molar-refractivity contribution in [2.75, 3.05) is 7.11 Å². The molecule has 1 saturated carbocycles. The lowest BCUT2D eigenvalue weighted by Crippen LogP contribution is -2.21. The van der Waals surface area contributed by atoms with Gasteiger partial charge in [0.05, 0.1) is 7.11 Å². The first-order chi connectivity index (χ1) is 6.83. The van der Waals surface area contributed by atoms with E-state index < -0.39 is 0 Å². The van der Waals surface area contributed by atoms with E-state index in [0.717, 1.165) is 12.3 Å². The minimum absolute atomic E-state index is 0.00306. The highest BCUT2D eigenvalue weighted by Crippen LogP contribution is 2.27. The van der Waals surface area contributed by atoms with Gasteiger partial charge in [-0.15, -0.1) is 0 Å². The van der Waals surface area contributed by atoms with Gasteiger partial charge in [0.2, 0.25) is 5.91 Å². The van der Waals surface area contributed by atoms with Gasteiger partial charge < -0.3 is 0 Å². The molecule has 0 aromatic carbocycles. The normalized spacial score (nSPS) is 18.1. The molecule has 0 unspecified atom stereocenters. The molecule has 1 fully saturated rings. The highest BCUT2D eigenvalue weighted by atomic mass is 16.6. The Balaban J connectivity index is 1.99. The molecular weight excluding hydrogens is 178 g/mol. The first-order valence-electron chi connectivity index (χ1n) is 5.64. The average Bonchev–Trinajstić information content (AvgIpc) is 2.20. The summed E-state index contributed by atoms with van der Waals surface area (Å²) >= 11 is 0. The molecule has 3 heteroatoms. The van der Waals surface area contributed by atoms with Crippen LogP contribution in [0.5, 0.6) is 0 Å². The third-order valence-corrected chi connectivity index (χ3v) is 2.96. The van der Waals surface area contributed by atoms with Gasteiger partial charge in [-0.25, -0.2) is 5.48 Å². The van der Waals surface area contributed by atoms with Crippen molar-refractivity contribution in [1.29, 1.82) is 0 Å². The van der Waals surface area contributed by atoms with Crippen LogP contribution in [0.3, 0.4) is 0 Å². The Morgan fingerprint density at radius 3 is 2.71 bits per heavy atom. The van der Waals surface area contributed by atoms with Crippen LogP contribution in [0, 0.1) is 5.92 Å². The number of hydrogen-bond acceptors (Lipinski definition) is 2. The Labute approximate surface area is 86.2 Å². The third kappa shape index (κ3) is 4.61. The maximum Gasteiger partial charge on any atom is 0.243 e. The van der Waals surface area contributed by atoms with Gasteiger partial charge >= 0.3 is 0 Å². The van der Waals surface area contributed by atoms with Gasteiger partial charge in [0.25, 0.3) is 0 Å². The fraction of sp³-hybridized carbons (Fsp3) is 0.909. The largest absolute Gasteiger partial charge is 0.277 e. The molecule has 1 N–H and O–H groups in total. The molecule has 0 spiro atoms. The Kier molecular flexibility index (Phi) is 5.60. The summed E-state index contributed by atoms with van der Waals surface area (Å²) in [6.45, 7) is 0. The Hall–Kier alpha value is -0.570. The van der Waals surface area contributed by atoms with Crippen molar-refractivity contribution in [3.05, 3.63) is 0 Å². The van der Waals surface area contributed by atoms with Gasteiger partial charge in [-0.2, -0.15) is 0 Å². The second-order valence-electron chi connectivity index (χ2n) is 4.13. The Morgan fingerprint density at radius 1 is 1.36 bits per heavy atom. The fourth-order valence-corrected chi connectivity index (χ4v) is 2.19. The number of hydroxylamine groups is 1. The van der Waals surface area contributed by atoms with E-state index in [-0.39, 0.29) is 5.91 Å². The molecule has 82 valence electrons. The summed E-state index contributed by atoms with van der Waals surface area (Å²) < 4.78 is 0. The predicted molar refractivity (Wildman–Crippen MR) is 55.6 cm³/mol. The summed E-state index contributed by atoms with van der Waals surface area (Å²) in [5.41, 5.74) is 2.34. The molecule has 1 aliphatic rings. The number of carbonyl (C=O) groups excluding carboxylic acids is 1. The van der Waals surface area contributed by atoms with E-state index in [9.17, 15) is 4.79 Å². The zero-order valence-corrected chi connectivity index (χ0v) is 9.05. The van der Waals surface area contributed by atoms with Gasteiger partial charge in [-0.3, -0.25) is 9.63 Å². The van der Waals surface area contributed by atoms with Crippen LogP contribution in [0.1, 0.15) is 51.4 Å². The van der Waals surface area contributed by atoms with Gasteiger partial charge in [0, 0.05) is 6.42 Å². The molecule has 3 nitrogen and oxygen atoms in total. The van der Waals surface area contributed by atoms with Crippen molar-refractivity contribution < 1.29 is 9.63 Å². The maximum atomic E-state index is 11.0. The smallest absolute Gasteiger partial charge is 0.243 e. The van der Waals surface area contributed by atoms with E-state index in [0.29, 0.717) is 6.42 Å². The van der Waals surface area contributed by atoms with Gasteiger partial charge in [-0.1, -0.05) is 32.1 Å². The molecule has 0 aliphatic heterocycles. The van der Waals surface area contributed by atoms with Gasteiger partial charge in [-0.05, 0) is 18.8 Å². The van der Waals surface area contributed by atoms with Crippen molar-refractivity contribution in [2.24, 2.45) is 5.92 Å². The first kappa shape index (κ1) is 11.5. The van der Waals surface area contributed by atoms with Crippen molar-refractivity contribution >= 4 is 5.91 Å². The minimum atomic E-state index is 0.00306. The summed E-state index contributed by atoms with van der Waals surface area (Å²) in [5.74, 6) is 0.877. The lowest BCUT2D eigenvalue weighted by atomic mass is 9.86. The third-order valence-electron chi connectivity index (χ3n) is 2.96. The predicted octanol–water partition coefficient (Wildman–Crippen LogP) is 2.41. The quantitative estimate of drug-likeness (QED) is 0.690. The van der Waals surface area contributed by atoms with Gasteiger partial charge in [0.1, 0.15) is 0 Å². The monoisotopic (exact) mass is 199 g/mol. The number of amides is 1. The Bertz CT molecular complexity index is 165. The Morgan fingerprint density at radius 2 is 2.07 bits per heavy atom. The topological polar surface area (TPSA) is 38.3 Å². The molecule has 0 radical (unpaired) electrons. The molecular formula is C11H21NO2. The molecule has 0 atom stereocenters. The van der Waals surface area contributed by atoms with Crippen molar-refractivity contribution in [1.82, 2.24) is 5.48 Å². The first-order valence-corrected chi connectivity index (χ1v) is 5.64. The van der Waals surface area contributed by atoms with E-state index in [1.54, 1.807) is 0 Å². The van der Waals surface area contributed by atoms with Crippen LogP contribution in [-0.2, 0) is 9.63 Å². The number of carbonyl (C=O) groups is 1. The van der Waals surface area contributed by atoms with Crippen LogP contribution < -0.4 is 5.48 Å². The summed E-state index contributed by atoms with van der Waals surface area (Å²) in [6.07, 6.45) is 9.71. The summed E-state index contributed by atoms with van der Waals surface area (Å²) in [5, 5.41) is 0. The van der Waals surface area contributed by atoms with E-state index in [2.05, 4.69) is 10.3 Å². The standard InChI is InChI=1S/C11H21NO2/c1-14-12-11(13)9-5-8-10-6-3-2-4-7-10/h10H,2-9H2,1H3,(H,12,13). The highest BCUT2D eigenvalue weighted by Gasteiger charge is 2.13. The molecule has 0 aromatic heterocycles. The zero-order chi connectivity index (χ0) is 10.2. The number of rotatable bonds is 5. The lowest BCUT2D eigenvalue weighted by Gasteiger charge is -2.20. The van der Waals surface area contributed by atoms with Crippen LogP contribution in [0.25, 0.3) is 0 Å². The van der Waals surface area contributed by atoms with Crippen LogP contribution in [0.4, 0.5) is 0 Å². The molecule has 0 bridgehead atoms. The zero-order valence-electron chi connectivity index (χ0n) is 9.05. The van der Waals surface area contributed by atoms with Crippen molar-refractivity contribution in [3.63, 3.8) is 0 Å². The van der Waals surface area contributed by atoms with Crippen LogP contribution in [0.2, 0.25) is 0 Å². The molecule has 1 rings (SSSR count). The minimum Gasteiger partial charge on any atom is -0.277 e. The molecule has 0 aromatic rings. The highest BCUT2D eigenvalue weighted by molar-refractivity contribution is 5.74. The van der Waals surface area contributed by atoms with Crippen molar-refractivity contribution in [3.8, 4) is 0 Å². The molecule has 0 heterocycles. The fourth-order valence-electron chi connectivity index (χ4n) is 2.19. The van der Waals surface area contributed by atoms with Crippen molar-refractivity contribution in [2.45, 2.75) is 51.4 Å². The summed E-state index contributed by atoms with van der Waals surface area (Å²) in [6, 6.07) is 0.